The fraction of sp³-hybridized carbons (Fsp3) is 0.333. The molecule has 4 atom stereocenters. The Morgan fingerprint density at radius 3 is 1.27 bits per heavy atom. The number of hydrogen-bond donors (Lipinski definition) is 0. The van der Waals surface area contributed by atoms with E-state index in [2.05, 4.69) is 0 Å². The van der Waals surface area contributed by atoms with Crippen LogP contribution in [0.3, 0.4) is 0 Å². The molecule has 0 aliphatic carbocycles. The lowest BCUT2D eigenvalue weighted by molar-refractivity contribution is -0.176. The molecule has 0 radical (unpaired) electrons. The standard InChI is InChI=1S/C30H36O6Si/c1-37(2,3)36-28(20-32)30(35-23-26-17-11-6-12-18-26)29(34-22-25-15-9-5-10-16-25)27(19-31)33-21-24-13-7-4-8-14-24/h4-20,27-30H,21-23H2,1-3H3/t27-,28+,29+,30+/m0/s1. The Bertz CT molecular complexity index is 1060. The summed E-state index contributed by atoms with van der Waals surface area (Å²) in [7, 11) is -2.16. The average Bonchev–Trinajstić information content (AvgIpc) is 2.91. The maximum atomic E-state index is 12.4. The number of ether oxygens (including phenoxy) is 3. The monoisotopic (exact) mass is 520 g/mol. The average molecular weight is 521 g/mol. The van der Waals surface area contributed by atoms with E-state index in [1.807, 2.05) is 111 Å². The highest BCUT2D eigenvalue weighted by molar-refractivity contribution is 6.69. The topological polar surface area (TPSA) is 71.1 Å². The molecule has 6 nitrogen and oxygen atoms in total. The molecule has 0 aromatic heterocycles. The van der Waals surface area contributed by atoms with Crippen molar-refractivity contribution in [2.45, 2.75) is 63.9 Å². The molecule has 0 saturated carbocycles. The van der Waals surface area contributed by atoms with Crippen LogP contribution in [0.2, 0.25) is 19.6 Å². The normalized spacial score (nSPS) is 14.9. The Hall–Kier alpha value is -2.94. The summed E-state index contributed by atoms with van der Waals surface area (Å²) < 4.78 is 24.9. The van der Waals surface area contributed by atoms with E-state index in [0.717, 1.165) is 23.0 Å². The predicted molar refractivity (Wildman–Crippen MR) is 145 cm³/mol. The van der Waals surface area contributed by atoms with E-state index in [0.29, 0.717) is 6.29 Å². The van der Waals surface area contributed by atoms with Gasteiger partial charge in [0.25, 0.3) is 0 Å². The zero-order valence-electron chi connectivity index (χ0n) is 21.7. The zero-order chi connectivity index (χ0) is 26.5. The molecule has 0 fully saturated rings. The molecule has 3 aromatic rings. The van der Waals surface area contributed by atoms with Crippen molar-refractivity contribution in [3.05, 3.63) is 108 Å². The molecule has 7 heteroatoms. The Kier molecular flexibility index (Phi) is 11.4. The number of aldehydes is 2. The van der Waals surface area contributed by atoms with Crippen LogP contribution in [0, 0.1) is 0 Å². The Balaban J connectivity index is 1.91. The van der Waals surface area contributed by atoms with E-state index >= 15 is 0 Å². The first-order valence-corrected chi connectivity index (χ1v) is 15.9. The van der Waals surface area contributed by atoms with Gasteiger partial charge >= 0.3 is 0 Å². The van der Waals surface area contributed by atoms with Crippen LogP contribution >= 0.6 is 0 Å². The SMILES string of the molecule is C[Si](C)(C)O[C@H](C=O)[C@@H](OCc1ccccc1)[C@H](OCc1ccccc1)[C@H](C=O)OCc1ccccc1. The number of carbonyl (C=O) groups is 2. The highest BCUT2D eigenvalue weighted by Crippen LogP contribution is 2.23. The highest BCUT2D eigenvalue weighted by atomic mass is 28.4. The van der Waals surface area contributed by atoms with Crippen LogP contribution in [0.15, 0.2) is 91.0 Å². The maximum Gasteiger partial charge on any atom is 0.184 e. The molecule has 0 heterocycles. The van der Waals surface area contributed by atoms with Crippen LogP contribution < -0.4 is 0 Å². The van der Waals surface area contributed by atoms with Crippen LogP contribution in [0.5, 0.6) is 0 Å². The fourth-order valence-corrected chi connectivity index (χ4v) is 4.85. The van der Waals surface area contributed by atoms with Gasteiger partial charge in [-0.05, 0) is 36.3 Å². The summed E-state index contributed by atoms with van der Waals surface area (Å²) in [6.45, 7) is 6.65. The molecule has 3 rings (SSSR count). The van der Waals surface area contributed by atoms with E-state index in [9.17, 15) is 9.59 Å². The second kappa shape index (κ2) is 14.7. The smallest absolute Gasteiger partial charge is 0.184 e. The second-order valence-corrected chi connectivity index (χ2v) is 14.2. The lowest BCUT2D eigenvalue weighted by atomic mass is 10.0. The summed E-state index contributed by atoms with van der Waals surface area (Å²) in [5.41, 5.74) is 2.78. The first kappa shape index (κ1) is 28.6. The Morgan fingerprint density at radius 1 is 0.568 bits per heavy atom. The minimum absolute atomic E-state index is 0.210. The number of benzene rings is 3. The molecule has 0 aliphatic heterocycles. The fourth-order valence-electron chi connectivity index (χ4n) is 3.85. The van der Waals surface area contributed by atoms with Crippen LogP contribution in [0.4, 0.5) is 0 Å². The molecule has 0 saturated heterocycles. The van der Waals surface area contributed by atoms with Gasteiger partial charge in [0.15, 0.2) is 14.6 Å². The van der Waals surface area contributed by atoms with Crippen molar-refractivity contribution in [2.75, 3.05) is 0 Å². The van der Waals surface area contributed by atoms with Gasteiger partial charge in [0.2, 0.25) is 0 Å². The zero-order valence-corrected chi connectivity index (χ0v) is 22.7. The van der Waals surface area contributed by atoms with Crippen molar-refractivity contribution in [1.29, 1.82) is 0 Å². The lowest BCUT2D eigenvalue weighted by Gasteiger charge is -2.36. The van der Waals surface area contributed by atoms with E-state index in [4.69, 9.17) is 18.6 Å². The molecule has 37 heavy (non-hydrogen) atoms. The largest absolute Gasteiger partial charge is 0.405 e. The van der Waals surface area contributed by atoms with Gasteiger partial charge in [-0.2, -0.15) is 0 Å². The number of rotatable bonds is 16. The van der Waals surface area contributed by atoms with Gasteiger partial charge < -0.3 is 28.2 Å². The Morgan fingerprint density at radius 2 is 0.919 bits per heavy atom. The van der Waals surface area contributed by atoms with Gasteiger partial charge in [-0.1, -0.05) is 91.0 Å². The first-order valence-electron chi connectivity index (χ1n) is 12.4. The molecule has 0 spiro atoms. The van der Waals surface area contributed by atoms with Crippen molar-refractivity contribution in [3.63, 3.8) is 0 Å². The molecule has 0 unspecified atom stereocenters. The first-order chi connectivity index (χ1) is 17.9. The van der Waals surface area contributed by atoms with E-state index < -0.39 is 32.7 Å². The van der Waals surface area contributed by atoms with E-state index in [1.165, 1.54) is 0 Å². The Labute approximate surface area is 220 Å². The summed E-state index contributed by atoms with van der Waals surface area (Å²) in [5.74, 6) is 0. The number of hydrogen-bond acceptors (Lipinski definition) is 6. The second-order valence-electron chi connectivity index (χ2n) is 9.75. The van der Waals surface area contributed by atoms with Gasteiger partial charge in [-0.25, -0.2) is 0 Å². The van der Waals surface area contributed by atoms with Gasteiger partial charge in [0.1, 0.15) is 30.7 Å². The van der Waals surface area contributed by atoms with Crippen LogP contribution in [0.25, 0.3) is 0 Å². The molecule has 0 aliphatic rings. The summed E-state index contributed by atoms with van der Waals surface area (Å²) in [6.07, 6.45) is -2.23. The van der Waals surface area contributed by atoms with Gasteiger partial charge in [0.05, 0.1) is 19.8 Å². The lowest BCUT2D eigenvalue weighted by Crippen LogP contribution is -2.52. The molecular weight excluding hydrogens is 484 g/mol. The minimum atomic E-state index is -2.16. The maximum absolute atomic E-state index is 12.4. The predicted octanol–water partition coefficient (Wildman–Crippen LogP) is 5.36. The van der Waals surface area contributed by atoms with Crippen LogP contribution in [-0.4, -0.2) is 45.3 Å². The van der Waals surface area contributed by atoms with Crippen molar-refractivity contribution < 1.29 is 28.2 Å². The third kappa shape index (κ3) is 9.79. The third-order valence-corrected chi connectivity index (χ3v) is 6.56. The molecule has 3 aromatic carbocycles. The van der Waals surface area contributed by atoms with Gasteiger partial charge in [0, 0.05) is 0 Å². The van der Waals surface area contributed by atoms with Gasteiger partial charge in [-0.3, -0.25) is 0 Å². The van der Waals surface area contributed by atoms with Crippen molar-refractivity contribution in [3.8, 4) is 0 Å². The van der Waals surface area contributed by atoms with E-state index in [1.54, 1.807) is 0 Å². The molecule has 196 valence electrons. The van der Waals surface area contributed by atoms with Crippen LogP contribution in [-0.2, 0) is 48.0 Å². The van der Waals surface area contributed by atoms with E-state index in [-0.39, 0.29) is 19.8 Å². The van der Waals surface area contributed by atoms with Gasteiger partial charge in [-0.15, -0.1) is 0 Å². The summed E-state index contributed by atoms with van der Waals surface area (Å²) in [4.78, 5) is 24.7. The molecule has 0 N–H and O–H groups in total. The van der Waals surface area contributed by atoms with Crippen molar-refractivity contribution in [2.24, 2.45) is 0 Å². The quantitative estimate of drug-likeness (QED) is 0.187. The summed E-state index contributed by atoms with van der Waals surface area (Å²) >= 11 is 0. The molecule has 0 bridgehead atoms. The van der Waals surface area contributed by atoms with Crippen molar-refractivity contribution >= 4 is 20.9 Å². The molecular formula is C30H36O6Si. The third-order valence-electron chi connectivity index (χ3n) is 5.59. The van der Waals surface area contributed by atoms with Crippen LogP contribution in [0.1, 0.15) is 16.7 Å². The number of carbonyl (C=O) groups excluding carboxylic acids is 2. The molecule has 0 amide bonds. The van der Waals surface area contributed by atoms with Crippen molar-refractivity contribution in [1.82, 2.24) is 0 Å². The summed E-state index contributed by atoms with van der Waals surface area (Å²) in [6, 6.07) is 28.9. The minimum Gasteiger partial charge on any atom is -0.405 e. The summed E-state index contributed by atoms with van der Waals surface area (Å²) in [5, 5.41) is 0. The highest BCUT2D eigenvalue weighted by Gasteiger charge is 2.40.